The molecule has 0 bridgehead atoms. The van der Waals surface area contributed by atoms with Gasteiger partial charge in [-0.3, -0.25) is 6.08 Å². The zero-order chi connectivity index (χ0) is 36.6. The fraction of sp³-hybridized carbons (Fsp3) is 0.277. The summed E-state index contributed by atoms with van der Waals surface area (Å²) < 4.78 is 3.34. The first kappa shape index (κ1) is 45.8. The van der Waals surface area contributed by atoms with Crippen LogP contribution in [0, 0.1) is 30.5 Å². The van der Waals surface area contributed by atoms with Crippen molar-refractivity contribution in [3.8, 4) is 11.1 Å². The van der Waals surface area contributed by atoms with Crippen LogP contribution in [0.1, 0.15) is 95.2 Å². The van der Waals surface area contributed by atoms with Gasteiger partial charge in [0.2, 0.25) is 0 Å². The number of hydrogen-bond donors (Lipinski definition) is 0. The fourth-order valence-electron chi connectivity index (χ4n) is 6.67. The van der Waals surface area contributed by atoms with Gasteiger partial charge in [-0.2, -0.15) is 95.5 Å². The third-order valence-corrected chi connectivity index (χ3v) is 9.99. The second-order valence-corrected chi connectivity index (χ2v) is 15.3. The Balaban J connectivity index is 0.000000305. The van der Waals surface area contributed by atoms with Crippen molar-refractivity contribution in [2.24, 2.45) is 5.92 Å². The quantitative estimate of drug-likeness (QED) is 0.136. The molecule has 1 unspecified atom stereocenters. The average molecular weight is 848 g/mol. The summed E-state index contributed by atoms with van der Waals surface area (Å²) in [5.74, 6) is 0.556. The molecule has 1 atom stereocenters. The molecule has 4 aliphatic carbocycles. The first-order chi connectivity index (χ1) is 23.7. The van der Waals surface area contributed by atoms with E-state index in [1.165, 1.54) is 85.5 Å². The van der Waals surface area contributed by atoms with Crippen LogP contribution in [-0.4, -0.2) is 4.21 Å². The summed E-state index contributed by atoms with van der Waals surface area (Å²) in [6.45, 7) is 18.2. The predicted molar refractivity (Wildman–Crippen MR) is 230 cm³/mol. The van der Waals surface area contributed by atoms with Crippen molar-refractivity contribution in [1.29, 1.82) is 0 Å². The third-order valence-electron chi connectivity index (χ3n) is 9.52. The summed E-state index contributed by atoms with van der Waals surface area (Å²) in [5, 5.41) is 1.48. The van der Waals surface area contributed by atoms with E-state index in [1.54, 1.807) is 12.1 Å². The van der Waals surface area contributed by atoms with Crippen molar-refractivity contribution in [2.75, 3.05) is 0 Å². The molecule has 0 amide bonds. The van der Waals surface area contributed by atoms with E-state index in [4.69, 9.17) is 23.2 Å². The van der Waals surface area contributed by atoms with Gasteiger partial charge >= 0.3 is 28.4 Å². The Kier molecular flexibility index (Phi) is 17.9. The van der Waals surface area contributed by atoms with Crippen molar-refractivity contribution in [2.45, 2.75) is 79.1 Å². The number of fused-ring (bicyclic) bond motifs is 5. The van der Waals surface area contributed by atoms with Crippen molar-refractivity contribution in [3.05, 3.63) is 171 Å². The van der Waals surface area contributed by atoms with Crippen LogP contribution in [0.2, 0.25) is 10.0 Å². The molecule has 0 spiro atoms. The molecule has 0 fully saturated rings. The molecule has 274 valence electrons. The van der Waals surface area contributed by atoms with E-state index >= 15 is 0 Å². The number of rotatable bonds is 0. The number of hydrogen-bond acceptors (Lipinski definition) is 0. The summed E-state index contributed by atoms with van der Waals surface area (Å²) >= 11 is 12.3. The number of benzene rings is 4. The molecule has 0 saturated heterocycles. The Morgan fingerprint density at radius 1 is 0.769 bits per heavy atom. The van der Waals surface area contributed by atoms with Crippen LogP contribution in [0.15, 0.2) is 103 Å². The molecule has 0 saturated carbocycles. The molecule has 0 N–H and O–H groups in total. The predicted octanol–water partition coefficient (Wildman–Crippen LogP) is 14.3. The zero-order valence-electron chi connectivity index (χ0n) is 31.6. The zero-order valence-corrected chi connectivity index (χ0v) is 37.2. The van der Waals surface area contributed by atoms with Gasteiger partial charge in [-0.05, 0) is 70.2 Å². The molecule has 8 rings (SSSR count). The molecule has 0 heterocycles. The molecule has 4 aromatic carbocycles. The SMILES string of the molecule is CC1=CC(C)[C-]=C1.CC1=C[CH-]C(C)(C)c2cc3c(cc21)-c1cc2c(cc1C3)C(C)(C)CC=C2C.Cl.Cl.Clc1c[c-]ccc1.Clc1c[c-]ccc1.[CH2]=[Zr]. The first-order valence-electron chi connectivity index (χ1n) is 17.2. The first-order valence-corrected chi connectivity index (χ1v) is 19.7. The summed E-state index contributed by atoms with van der Waals surface area (Å²) in [6, 6.07) is 30.0. The van der Waals surface area contributed by atoms with Crippen molar-refractivity contribution in [1.82, 2.24) is 0 Å². The molecule has 5 heteroatoms. The van der Waals surface area contributed by atoms with E-state index in [1.807, 2.05) is 42.5 Å². The van der Waals surface area contributed by atoms with Gasteiger partial charge in [0.05, 0.1) is 0 Å². The Bertz CT molecular complexity index is 1790. The second-order valence-electron chi connectivity index (χ2n) is 14.5. The van der Waals surface area contributed by atoms with Gasteiger partial charge < -0.3 is 0 Å². The minimum atomic E-state index is 0. The van der Waals surface area contributed by atoms with Crippen LogP contribution >= 0.6 is 48.0 Å². The summed E-state index contributed by atoms with van der Waals surface area (Å²) in [7, 11) is 0. The molecular weight excluding hydrogens is 798 g/mol. The van der Waals surface area contributed by atoms with Gasteiger partial charge in [0, 0.05) is 0 Å². The minimum absolute atomic E-state index is 0. The van der Waals surface area contributed by atoms with Gasteiger partial charge in [0.25, 0.3) is 0 Å². The molecule has 4 aromatic rings. The molecule has 0 aromatic heterocycles. The summed E-state index contributed by atoms with van der Waals surface area (Å²) in [5.41, 5.74) is 16.3. The maximum atomic E-state index is 5.51. The summed E-state index contributed by atoms with van der Waals surface area (Å²) in [6.07, 6.45) is 16.7. The van der Waals surface area contributed by atoms with Crippen LogP contribution in [-0.2, 0) is 41.5 Å². The third kappa shape index (κ3) is 11.6. The molecule has 0 aliphatic heterocycles. The van der Waals surface area contributed by atoms with E-state index in [0.29, 0.717) is 5.92 Å². The molecular formula is C47H50Cl4Zr-4. The average Bonchev–Trinajstić information content (AvgIpc) is 3.66. The van der Waals surface area contributed by atoms with Crippen LogP contribution in [0.3, 0.4) is 0 Å². The van der Waals surface area contributed by atoms with Crippen molar-refractivity contribution < 1.29 is 24.2 Å². The summed E-state index contributed by atoms with van der Waals surface area (Å²) in [4.78, 5) is 0. The van der Waals surface area contributed by atoms with Crippen molar-refractivity contribution >= 4 is 63.4 Å². The van der Waals surface area contributed by atoms with Crippen molar-refractivity contribution in [3.63, 3.8) is 0 Å². The number of halogens is 4. The topological polar surface area (TPSA) is 0 Å². The van der Waals surface area contributed by atoms with E-state index in [2.05, 4.69) is 127 Å². The molecule has 52 heavy (non-hydrogen) atoms. The van der Waals surface area contributed by atoms with Crippen LogP contribution in [0.5, 0.6) is 0 Å². The Labute approximate surface area is 351 Å². The normalized spacial score (nSPS) is 16.9. The van der Waals surface area contributed by atoms with E-state index in [-0.39, 0.29) is 35.6 Å². The van der Waals surface area contributed by atoms with Gasteiger partial charge in [-0.1, -0.05) is 85.8 Å². The second kappa shape index (κ2) is 20.3. The Morgan fingerprint density at radius 3 is 1.69 bits per heavy atom. The van der Waals surface area contributed by atoms with E-state index < -0.39 is 0 Å². The van der Waals surface area contributed by atoms with E-state index in [9.17, 15) is 0 Å². The molecule has 0 radical (unpaired) electrons. The van der Waals surface area contributed by atoms with Gasteiger partial charge in [0.15, 0.2) is 0 Å². The Morgan fingerprint density at radius 2 is 1.29 bits per heavy atom. The van der Waals surface area contributed by atoms with Gasteiger partial charge in [-0.25, -0.2) is 24.1 Å². The van der Waals surface area contributed by atoms with Crippen LogP contribution in [0.25, 0.3) is 22.3 Å². The monoisotopic (exact) mass is 844 g/mol. The maximum absolute atomic E-state index is 5.51. The van der Waals surface area contributed by atoms with Gasteiger partial charge in [-0.15, -0.1) is 44.2 Å². The standard InChI is InChI=1S/C27H29.C7H9.2C6H4Cl.CH2.2ClH.Zr/c1-16-7-9-26(3,4)24-12-18-11-19-13-25-21(17(2)8-10-27(25,5)6)15-23(19)22(18)14-20(16)24;1-6-3-4-7(2)5-6;2*7-6-4-2-1-3-5-6;;;;/h7-9,12-15H,10-11H2,1-6H3;3,5,7H,1-2H3;2*1-2,4-5H;1H2;2*1H;/q4*-1;;;;. The van der Waals surface area contributed by atoms with Gasteiger partial charge in [0.1, 0.15) is 0 Å². The van der Waals surface area contributed by atoms with E-state index in [0.717, 1.165) is 22.9 Å². The molecule has 4 aliphatic rings. The number of allylic oxidation sites excluding steroid dienone is 8. The van der Waals surface area contributed by atoms with Crippen LogP contribution in [0.4, 0.5) is 0 Å². The Hall–Kier alpha value is -2.38. The molecule has 0 nitrogen and oxygen atoms in total. The van der Waals surface area contributed by atoms with Crippen LogP contribution < -0.4 is 0 Å². The fourth-order valence-corrected chi connectivity index (χ4v) is 6.94.